The molecule has 1 fully saturated rings. The van der Waals surface area contributed by atoms with Crippen LogP contribution < -0.4 is 16.2 Å². The summed E-state index contributed by atoms with van der Waals surface area (Å²) in [6, 6.07) is 5.62. The lowest BCUT2D eigenvalue weighted by Crippen LogP contribution is -2.33. The van der Waals surface area contributed by atoms with Crippen LogP contribution in [-0.2, 0) is 0 Å². The van der Waals surface area contributed by atoms with Crippen molar-refractivity contribution < 1.29 is 0 Å². The Balaban J connectivity index is 2.05. The lowest BCUT2D eigenvalue weighted by molar-refractivity contribution is 0.598. The fourth-order valence-electron chi connectivity index (χ4n) is 2.40. The van der Waals surface area contributed by atoms with Crippen molar-refractivity contribution in [3.8, 4) is 0 Å². The van der Waals surface area contributed by atoms with Crippen LogP contribution in [0.4, 0.5) is 11.6 Å². The molecule has 1 unspecified atom stereocenters. The summed E-state index contributed by atoms with van der Waals surface area (Å²) in [5.41, 5.74) is 6.82. The van der Waals surface area contributed by atoms with E-state index >= 15 is 0 Å². The number of nitrogen functional groups attached to an aromatic ring is 1. The summed E-state index contributed by atoms with van der Waals surface area (Å²) in [6.07, 6.45) is 2.53. The van der Waals surface area contributed by atoms with Crippen LogP contribution >= 0.6 is 0 Å². The van der Waals surface area contributed by atoms with Gasteiger partial charge in [-0.1, -0.05) is 0 Å². The van der Waals surface area contributed by atoms with Gasteiger partial charge in [0.05, 0.1) is 10.9 Å². The molecule has 1 saturated carbocycles. The molecule has 0 bridgehead atoms. The van der Waals surface area contributed by atoms with Gasteiger partial charge in [0.2, 0.25) is 5.95 Å². The predicted molar refractivity (Wildman–Crippen MR) is 77.4 cm³/mol. The minimum absolute atomic E-state index is 0.137. The van der Waals surface area contributed by atoms with E-state index < -0.39 is 0 Å². The van der Waals surface area contributed by atoms with Gasteiger partial charge in [-0.2, -0.15) is 0 Å². The first kappa shape index (κ1) is 12.0. The first-order valence-corrected chi connectivity index (χ1v) is 6.58. The number of nitrogens with zero attached hydrogens (tertiary/aromatic N) is 2. The van der Waals surface area contributed by atoms with E-state index in [4.69, 9.17) is 5.73 Å². The SMILES string of the molecule is CC(C1CC1)N(C)c1nc2ccc(N)cc2c(=O)[nH]1. The van der Waals surface area contributed by atoms with Crippen molar-refractivity contribution in [1.82, 2.24) is 9.97 Å². The third-order valence-corrected chi connectivity index (χ3v) is 3.97. The van der Waals surface area contributed by atoms with Gasteiger partial charge in [0.15, 0.2) is 0 Å². The van der Waals surface area contributed by atoms with Crippen molar-refractivity contribution in [2.24, 2.45) is 5.92 Å². The molecule has 1 heterocycles. The van der Waals surface area contributed by atoms with Gasteiger partial charge >= 0.3 is 0 Å². The zero-order valence-corrected chi connectivity index (χ0v) is 11.2. The van der Waals surface area contributed by atoms with Gasteiger partial charge in [-0.3, -0.25) is 9.78 Å². The van der Waals surface area contributed by atoms with Crippen LogP contribution in [0.3, 0.4) is 0 Å². The van der Waals surface area contributed by atoms with E-state index in [1.165, 1.54) is 12.8 Å². The number of aromatic nitrogens is 2. The Hall–Kier alpha value is -2.04. The molecule has 5 heteroatoms. The number of nitrogens with two attached hydrogens (primary N) is 1. The maximum atomic E-state index is 12.1. The Morgan fingerprint density at radius 3 is 2.89 bits per heavy atom. The number of rotatable bonds is 3. The van der Waals surface area contributed by atoms with Gasteiger partial charge in [0, 0.05) is 18.8 Å². The maximum absolute atomic E-state index is 12.1. The molecule has 1 aromatic carbocycles. The molecule has 5 nitrogen and oxygen atoms in total. The molecule has 3 N–H and O–H groups in total. The van der Waals surface area contributed by atoms with E-state index in [9.17, 15) is 4.79 Å². The Labute approximate surface area is 111 Å². The van der Waals surface area contributed by atoms with Gasteiger partial charge in [0.1, 0.15) is 0 Å². The summed E-state index contributed by atoms with van der Waals surface area (Å²) < 4.78 is 0. The molecule has 0 aliphatic heterocycles. The molecule has 0 spiro atoms. The third-order valence-electron chi connectivity index (χ3n) is 3.97. The van der Waals surface area contributed by atoms with Gasteiger partial charge < -0.3 is 10.6 Å². The number of H-pyrrole nitrogens is 1. The highest BCUT2D eigenvalue weighted by atomic mass is 16.1. The molecule has 1 aliphatic carbocycles. The second-order valence-corrected chi connectivity index (χ2v) is 5.36. The van der Waals surface area contributed by atoms with Gasteiger partial charge in [0.25, 0.3) is 5.56 Å². The smallest absolute Gasteiger partial charge is 0.260 e. The molecule has 0 radical (unpaired) electrons. The van der Waals surface area contributed by atoms with Gasteiger partial charge in [-0.05, 0) is 43.9 Å². The molecule has 19 heavy (non-hydrogen) atoms. The zero-order valence-electron chi connectivity index (χ0n) is 11.2. The average molecular weight is 258 g/mol. The first-order valence-electron chi connectivity index (χ1n) is 6.58. The molecule has 0 saturated heterocycles. The zero-order chi connectivity index (χ0) is 13.6. The number of fused-ring (bicyclic) bond motifs is 1. The summed E-state index contributed by atoms with van der Waals surface area (Å²) in [4.78, 5) is 21.5. The van der Waals surface area contributed by atoms with E-state index in [1.807, 2.05) is 7.05 Å². The van der Waals surface area contributed by atoms with Crippen molar-refractivity contribution in [3.63, 3.8) is 0 Å². The molecule has 2 aromatic rings. The number of nitrogens with one attached hydrogen (secondary N) is 1. The van der Waals surface area contributed by atoms with Crippen molar-refractivity contribution in [3.05, 3.63) is 28.6 Å². The van der Waals surface area contributed by atoms with Crippen molar-refractivity contribution in [2.45, 2.75) is 25.8 Å². The standard InChI is InChI=1S/C14H18N4O/c1-8(9-3-4-9)18(2)14-16-12-6-5-10(15)7-11(12)13(19)17-14/h5-9H,3-4,15H2,1-2H3,(H,16,17,19). The summed E-state index contributed by atoms with van der Waals surface area (Å²) >= 11 is 0. The summed E-state index contributed by atoms with van der Waals surface area (Å²) in [5, 5.41) is 0.538. The summed E-state index contributed by atoms with van der Waals surface area (Å²) in [6.45, 7) is 2.17. The molecule has 1 aromatic heterocycles. The Morgan fingerprint density at radius 1 is 1.47 bits per heavy atom. The predicted octanol–water partition coefficient (Wildman–Crippen LogP) is 1.74. The highest BCUT2D eigenvalue weighted by Gasteiger charge is 2.31. The maximum Gasteiger partial charge on any atom is 0.260 e. The van der Waals surface area contributed by atoms with Gasteiger partial charge in [-0.15, -0.1) is 0 Å². The minimum Gasteiger partial charge on any atom is -0.399 e. The minimum atomic E-state index is -0.137. The Bertz CT molecular complexity index is 675. The highest BCUT2D eigenvalue weighted by Crippen LogP contribution is 2.35. The fourth-order valence-corrected chi connectivity index (χ4v) is 2.40. The number of anilines is 2. The highest BCUT2D eigenvalue weighted by molar-refractivity contribution is 5.81. The normalized spacial score (nSPS) is 16.5. The van der Waals surface area contributed by atoms with E-state index in [1.54, 1.807) is 18.2 Å². The second-order valence-electron chi connectivity index (χ2n) is 5.36. The monoisotopic (exact) mass is 258 g/mol. The van der Waals surface area contributed by atoms with Gasteiger partial charge in [-0.25, -0.2) is 4.98 Å². The van der Waals surface area contributed by atoms with Crippen LogP contribution in [-0.4, -0.2) is 23.1 Å². The average Bonchev–Trinajstić information content (AvgIpc) is 3.22. The first-order chi connectivity index (χ1) is 9.06. The van der Waals surface area contributed by atoms with Crippen LogP contribution in [0, 0.1) is 5.92 Å². The van der Waals surface area contributed by atoms with E-state index in [0.29, 0.717) is 28.6 Å². The van der Waals surface area contributed by atoms with E-state index in [2.05, 4.69) is 21.8 Å². The summed E-state index contributed by atoms with van der Waals surface area (Å²) in [7, 11) is 1.98. The quantitative estimate of drug-likeness (QED) is 0.822. The van der Waals surface area contributed by atoms with Crippen LogP contribution in [0.1, 0.15) is 19.8 Å². The van der Waals surface area contributed by atoms with Crippen LogP contribution in [0.5, 0.6) is 0 Å². The number of aromatic amines is 1. The van der Waals surface area contributed by atoms with E-state index in [-0.39, 0.29) is 5.56 Å². The summed E-state index contributed by atoms with van der Waals surface area (Å²) in [5.74, 6) is 1.35. The molecule has 0 amide bonds. The topological polar surface area (TPSA) is 75.0 Å². The van der Waals surface area contributed by atoms with Crippen molar-refractivity contribution >= 4 is 22.5 Å². The molecular formula is C14H18N4O. The fraction of sp³-hybridized carbons (Fsp3) is 0.429. The van der Waals surface area contributed by atoms with Crippen molar-refractivity contribution in [1.29, 1.82) is 0 Å². The molecule has 3 rings (SSSR count). The number of hydrogen-bond acceptors (Lipinski definition) is 4. The van der Waals surface area contributed by atoms with Crippen LogP contribution in [0.2, 0.25) is 0 Å². The molecule has 100 valence electrons. The Kier molecular flexibility index (Phi) is 2.69. The number of hydrogen-bond donors (Lipinski definition) is 2. The second kappa shape index (κ2) is 4.26. The lowest BCUT2D eigenvalue weighted by Gasteiger charge is -2.25. The molecular weight excluding hydrogens is 240 g/mol. The lowest BCUT2D eigenvalue weighted by atomic mass is 10.2. The third kappa shape index (κ3) is 2.16. The van der Waals surface area contributed by atoms with Crippen LogP contribution in [0.15, 0.2) is 23.0 Å². The largest absolute Gasteiger partial charge is 0.399 e. The van der Waals surface area contributed by atoms with Crippen LogP contribution in [0.25, 0.3) is 10.9 Å². The molecule has 1 aliphatic rings. The molecule has 1 atom stereocenters. The van der Waals surface area contributed by atoms with E-state index in [0.717, 1.165) is 5.92 Å². The Morgan fingerprint density at radius 2 is 2.21 bits per heavy atom. The number of benzene rings is 1. The van der Waals surface area contributed by atoms with Crippen molar-refractivity contribution in [2.75, 3.05) is 17.7 Å².